The molecule has 0 aliphatic carbocycles. The molecule has 0 fully saturated rings. The molecule has 0 heterocycles. The van der Waals surface area contributed by atoms with E-state index in [0.29, 0.717) is 12.2 Å². The minimum absolute atomic E-state index is 0.0869. The highest BCUT2D eigenvalue weighted by Crippen LogP contribution is 2.35. The maximum Gasteiger partial charge on any atom is 0.185 e. The van der Waals surface area contributed by atoms with E-state index in [1.807, 2.05) is 25.3 Å². The van der Waals surface area contributed by atoms with Crippen LogP contribution < -0.4 is 4.74 Å². The van der Waals surface area contributed by atoms with Crippen LogP contribution in [-0.4, -0.2) is 33.3 Å². The van der Waals surface area contributed by atoms with E-state index in [1.165, 1.54) is 13.0 Å². The number of thiol groups is 1. The monoisotopic (exact) mass is 500 g/mol. The molecule has 0 aliphatic heterocycles. The van der Waals surface area contributed by atoms with Crippen LogP contribution in [-0.2, 0) is 6.42 Å². The Hall–Kier alpha value is -2.05. The number of hydrogen-bond donors (Lipinski definition) is 4. The predicted molar refractivity (Wildman–Crippen MR) is 152 cm³/mol. The van der Waals surface area contributed by atoms with E-state index in [0.717, 1.165) is 47.3 Å². The number of hydrogen-bond acceptors (Lipinski definition) is 5. The van der Waals surface area contributed by atoms with Crippen molar-refractivity contribution in [1.29, 1.82) is 0 Å². The first-order chi connectivity index (χ1) is 16.4. The fraction of sp³-hybridized carbons (Fsp3) is 0.467. The molecule has 1 aromatic rings. The average molecular weight is 501 g/mol. The molecule has 2 atom stereocenters. The Labute approximate surface area is 217 Å². The maximum absolute atomic E-state index is 11.2. The van der Waals surface area contributed by atoms with Gasteiger partial charge in [-0.2, -0.15) is 12.6 Å². The van der Waals surface area contributed by atoms with Crippen molar-refractivity contribution >= 4 is 18.2 Å². The van der Waals surface area contributed by atoms with Crippen molar-refractivity contribution in [1.82, 2.24) is 0 Å². The van der Waals surface area contributed by atoms with Gasteiger partial charge < -0.3 is 20.1 Å². The summed E-state index contributed by atoms with van der Waals surface area (Å²) < 4.78 is 6.09. The quantitative estimate of drug-likeness (QED) is 0.0799. The largest absolute Gasteiger partial charge is 0.493 e. The lowest BCUT2D eigenvalue weighted by atomic mass is 9.83. The number of unbranched alkanes of at least 4 members (excludes halogenated alkanes) is 1. The van der Waals surface area contributed by atoms with Crippen molar-refractivity contribution in [2.24, 2.45) is 5.92 Å². The minimum atomic E-state index is -2.16. The van der Waals surface area contributed by atoms with Crippen LogP contribution in [0.25, 0.3) is 5.57 Å². The highest BCUT2D eigenvalue weighted by Gasteiger charge is 2.35. The molecule has 2 unspecified atom stereocenters. The summed E-state index contributed by atoms with van der Waals surface area (Å²) >= 11 is 4.40. The summed E-state index contributed by atoms with van der Waals surface area (Å²) in [6.07, 6.45) is 11.7. The van der Waals surface area contributed by atoms with Gasteiger partial charge >= 0.3 is 0 Å². The Bertz CT molecular complexity index is 975. The summed E-state index contributed by atoms with van der Waals surface area (Å²) in [6.45, 7) is 17.4. The van der Waals surface area contributed by atoms with E-state index in [1.54, 1.807) is 26.0 Å². The topological polar surface area (TPSA) is 69.9 Å². The lowest BCUT2D eigenvalue weighted by Crippen LogP contribution is -2.39. The lowest BCUT2D eigenvalue weighted by Gasteiger charge is -2.31. The van der Waals surface area contributed by atoms with Gasteiger partial charge in [0.1, 0.15) is 11.4 Å². The molecule has 0 aromatic heterocycles. The fourth-order valence-electron chi connectivity index (χ4n) is 4.30. The van der Waals surface area contributed by atoms with Gasteiger partial charge in [0.15, 0.2) is 5.79 Å². The summed E-state index contributed by atoms with van der Waals surface area (Å²) in [6, 6.07) is 4.13. The van der Waals surface area contributed by atoms with Crippen molar-refractivity contribution in [3.05, 3.63) is 82.3 Å². The van der Waals surface area contributed by atoms with Crippen LogP contribution in [0.4, 0.5) is 0 Å². The number of aliphatic hydroxyl groups is 3. The second-order valence-corrected chi connectivity index (χ2v) is 9.64. The lowest BCUT2D eigenvalue weighted by molar-refractivity contribution is -0.128. The van der Waals surface area contributed by atoms with Gasteiger partial charge in [-0.15, -0.1) is 0 Å². The number of benzene rings is 1. The standard InChI is InChI=1S/C30H44O4S/c1-9-13-15-34-27-18-25(16-21(5)24(20-35)14-10-2)26(17-22(27)6)23(11-3)19-29(7,31)28(12-4)30(8,32)33/h10-12,14,17-21,31-33,35H,3,9,13,15-16H2,1-2,4-8H3/b14-10-,23-19+,24-20+,28-12+. The molecule has 0 bridgehead atoms. The van der Waals surface area contributed by atoms with Gasteiger partial charge in [-0.1, -0.05) is 51.2 Å². The van der Waals surface area contributed by atoms with E-state index in [2.05, 4.69) is 51.3 Å². The van der Waals surface area contributed by atoms with Gasteiger partial charge in [0.25, 0.3) is 0 Å². The number of allylic oxidation sites excluding steroid dienone is 6. The molecule has 0 saturated heterocycles. The zero-order valence-electron chi connectivity index (χ0n) is 22.4. The Morgan fingerprint density at radius 2 is 1.86 bits per heavy atom. The summed E-state index contributed by atoms with van der Waals surface area (Å²) in [4.78, 5) is 0. The molecule has 1 aromatic carbocycles. The van der Waals surface area contributed by atoms with Crippen molar-refractivity contribution in [2.75, 3.05) is 6.61 Å². The maximum atomic E-state index is 11.2. The van der Waals surface area contributed by atoms with Gasteiger partial charge in [0.2, 0.25) is 0 Å². The third kappa shape index (κ3) is 8.84. The molecule has 0 spiro atoms. The average Bonchev–Trinajstić information content (AvgIpc) is 2.76. The molecule has 5 heteroatoms. The fourth-order valence-corrected chi connectivity index (χ4v) is 4.64. The Kier molecular flexibility index (Phi) is 12.3. The third-order valence-corrected chi connectivity index (χ3v) is 6.37. The van der Waals surface area contributed by atoms with Gasteiger partial charge in [0, 0.05) is 5.57 Å². The van der Waals surface area contributed by atoms with E-state index < -0.39 is 11.4 Å². The second kappa shape index (κ2) is 13.9. The Balaban J connectivity index is 3.70. The van der Waals surface area contributed by atoms with Gasteiger partial charge in [0.05, 0.1) is 6.61 Å². The molecule has 4 nitrogen and oxygen atoms in total. The number of aryl methyl sites for hydroxylation is 1. The summed E-state index contributed by atoms with van der Waals surface area (Å²) in [5, 5.41) is 33.5. The Morgan fingerprint density at radius 1 is 1.20 bits per heavy atom. The first kappa shape index (κ1) is 31.0. The zero-order valence-corrected chi connectivity index (χ0v) is 23.3. The van der Waals surface area contributed by atoms with Gasteiger partial charge in [-0.05, 0) is 105 Å². The zero-order chi connectivity index (χ0) is 26.8. The van der Waals surface area contributed by atoms with Crippen LogP contribution in [0.2, 0.25) is 0 Å². The molecule has 3 N–H and O–H groups in total. The molecular formula is C30H44O4S. The highest BCUT2D eigenvalue weighted by atomic mass is 32.1. The van der Waals surface area contributed by atoms with Gasteiger partial charge in [-0.3, -0.25) is 0 Å². The van der Waals surface area contributed by atoms with Gasteiger partial charge in [-0.25, -0.2) is 0 Å². The number of rotatable bonds is 13. The SMILES string of the molecule is C=C/C(=C\C(C)(O)/C(=C\C)C(C)(O)O)c1cc(C)c(OCCCC)cc1CC(C)C(/C=C\C)=C/S. The summed E-state index contributed by atoms with van der Waals surface area (Å²) in [5.74, 6) is -1.14. The van der Waals surface area contributed by atoms with Crippen LogP contribution in [0, 0.1) is 12.8 Å². The molecule has 35 heavy (non-hydrogen) atoms. The van der Waals surface area contributed by atoms with E-state index >= 15 is 0 Å². The molecule has 0 radical (unpaired) electrons. The highest BCUT2D eigenvalue weighted by molar-refractivity contribution is 7.83. The van der Waals surface area contributed by atoms with E-state index in [4.69, 9.17) is 4.74 Å². The molecule has 194 valence electrons. The van der Waals surface area contributed by atoms with Crippen LogP contribution in [0.3, 0.4) is 0 Å². The second-order valence-electron chi connectivity index (χ2n) is 9.39. The molecular weight excluding hydrogens is 456 g/mol. The van der Waals surface area contributed by atoms with Crippen LogP contribution in [0.1, 0.15) is 71.1 Å². The van der Waals surface area contributed by atoms with Crippen molar-refractivity contribution in [2.45, 2.75) is 79.1 Å². The van der Waals surface area contributed by atoms with Crippen molar-refractivity contribution in [3.8, 4) is 5.75 Å². The first-order valence-corrected chi connectivity index (χ1v) is 12.8. The number of ether oxygens (including phenoxy) is 1. The molecule has 0 amide bonds. The molecule has 0 aliphatic rings. The molecule has 0 saturated carbocycles. The first-order valence-electron chi connectivity index (χ1n) is 12.3. The smallest absolute Gasteiger partial charge is 0.185 e. The normalized spacial score (nSPS) is 16.4. The van der Waals surface area contributed by atoms with Crippen LogP contribution >= 0.6 is 12.6 Å². The van der Waals surface area contributed by atoms with Crippen molar-refractivity contribution < 1.29 is 20.1 Å². The minimum Gasteiger partial charge on any atom is -0.493 e. The Morgan fingerprint density at radius 3 is 2.34 bits per heavy atom. The van der Waals surface area contributed by atoms with E-state index in [-0.39, 0.29) is 11.5 Å². The van der Waals surface area contributed by atoms with Crippen LogP contribution in [0.15, 0.2) is 65.6 Å². The van der Waals surface area contributed by atoms with E-state index in [9.17, 15) is 15.3 Å². The predicted octanol–water partition coefficient (Wildman–Crippen LogP) is 6.71. The molecule has 1 rings (SSSR count). The van der Waals surface area contributed by atoms with Crippen LogP contribution in [0.5, 0.6) is 5.75 Å². The summed E-state index contributed by atoms with van der Waals surface area (Å²) in [5.41, 5.74) is 3.24. The third-order valence-electron chi connectivity index (χ3n) is 6.07. The van der Waals surface area contributed by atoms with Crippen molar-refractivity contribution in [3.63, 3.8) is 0 Å². The summed E-state index contributed by atoms with van der Waals surface area (Å²) in [7, 11) is 0.